The zero-order valence-corrected chi connectivity index (χ0v) is 11.8. The van der Waals surface area contributed by atoms with Crippen molar-refractivity contribution in [3.05, 3.63) is 17.0 Å². The van der Waals surface area contributed by atoms with Gasteiger partial charge in [-0.1, -0.05) is 20.8 Å². The van der Waals surface area contributed by atoms with Crippen LogP contribution in [0.2, 0.25) is 0 Å². The van der Waals surface area contributed by atoms with Crippen molar-refractivity contribution in [3.8, 4) is 0 Å². The molecule has 0 aliphatic rings. The van der Waals surface area contributed by atoms with Crippen molar-refractivity contribution in [2.24, 2.45) is 5.41 Å². The highest BCUT2D eigenvalue weighted by molar-refractivity contribution is 5.96. The second kappa shape index (κ2) is 5.52. The van der Waals surface area contributed by atoms with Crippen LogP contribution in [-0.2, 0) is 0 Å². The maximum atomic E-state index is 11.9. The van der Waals surface area contributed by atoms with Crippen molar-refractivity contribution < 1.29 is 9.90 Å². The number of nitrogens with one attached hydrogen (secondary N) is 2. The van der Waals surface area contributed by atoms with E-state index >= 15 is 0 Å². The fraction of sp³-hybridized carbons (Fsp3) is 0.692. The molecular formula is C13H23N3O2. The molecule has 18 heavy (non-hydrogen) atoms. The van der Waals surface area contributed by atoms with Gasteiger partial charge >= 0.3 is 0 Å². The summed E-state index contributed by atoms with van der Waals surface area (Å²) >= 11 is 0. The molecule has 1 heterocycles. The number of aliphatic hydroxyl groups excluding tert-OH is 1. The lowest BCUT2D eigenvalue weighted by Gasteiger charge is -2.22. The van der Waals surface area contributed by atoms with E-state index in [0.717, 1.165) is 5.69 Å². The van der Waals surface area contributed by atoms with Crippen LogP contribution in [-0.4, -0.2) is 33.9 Å². The maximum Gasteiger partial charge on any atom is 0.255 e. The molecule has 5 heteroatoms. The van der Waals surface area contributed by atoms with E-state index < -0.39 is 6.10 Å². The molecule has 0 aliphatic heterocycles. The number of carbonyl (C=O) groups excluding carboxylic acids is 1. The summed E-state index contributed by atoms with van der Waals surface area (Å²) < 4.78 is 0. The average Bonchev–Trinajstić information content (AvgIpc) is 2.53. The fourth-order valence-corrected chi connectivity index (χ4v) is 1.96. The Morgan fingerprint density at radius 1 is 1.44 bits per heavy atom. The molecule has 1 amide bonds. The number of H-pyrrole nitrogens is 1. The lowest BCUT2D eigenvalue weighted by molar-refractivity contribution is 0.0867. The van der Waals surface area contributed by atoms with Gasteiger partial charge in [0.1, 0.15) is 0 Å². The first kappa shape index (κ1) is 14.7. The number of rotatable bonds is 4. The third-order valence-corrected chi connectivity index (χ3v) is 2.70. The predicted molar refractivity (Wildman–Crippen MR) is 70.5 cm³/mol. The fourth-order valence-electron chi connectivity index (χ4n) is 1.96. The number of carbonyl (C=O) groups is 1. The van der Waals surface area contributed by atoms with Crippen LogP contribution in [0, 0.1) is 19.3 Å². The zero-order valence-electron chi connectivity index (χ0n) is 11.8. The number of aromatic amines is 1. The van der Waals surface area contributed by atoms with Crippen LogP contribution < -0.4 is 5.32 Å². The van der Waals surface area contributed by atoms with E-state index in [1.807, 2.05) is 0 Å². The second-order valence-electron chi connectivity index (χ2n) is 5.94. The van der Waals surface area contributed by atoms with Gasteiger partial charge in [0.25, 0.3) is 5.91 Å². The van der Waals surface area contributed by atoms with E-state index in [0.29, 0.717) is 17.7 Å². The normalized spacial score (nSPS) is 13.4. The highest BCUT2D eigenvalue weighted by Crippen LogP contribution is 2.20. The third kappa shape index (κ3) is 4.14. The van der Waals surface area contributed by atoms with Gasteiger partial charge in [0, 0.05) is 12.2 Å². The van der Waals surface area contributed by atoms with Crippen molar-refractivity contribution in [3.63, 3.8) is 0 Å². The zero-order chi connectivity index (χ0) is 13.9. The molecule has 102 valence electrons. The van der Waals surface area contributed by atoms with Crippen LogP contribution in [0.15, 0.2) is 0 Å². The number of nitrogens with zero attached hydrogens (tertiary/aromatic N) is 1. The number of aromatic nitrogens is 2. The molecule has 1 atom stereocenters. The van der Waals surface area contributed by atoms with Gasteiger partial charge in [0.05, 0.1) is 17.4 Å². The van der Waals surface area contributed by atoms with Gasteiger partial charge in [-0.3, -0.25) is 9.89 Å². The average molecular weight is 253 g/mol. The highest BCUT2D eigenvalue weighted by atomic mass is 16.3. The molecule has 5 nitrogen and oxygen atoms in total. The van der Waals surface area contributed by atoms with Gasteiger partial charge in [0.2, 0.25) is 0 Å². The van der Waals surface area contributed by atoms with E-state index in [4.69, 9.17) is 0 Å². The van der Waals surface area contributed by atoms with Crippen molar-refractivity contribution in [2.75, 3.05) is 6.54 Å². The van der Waals surface area contributed by atoms with E-state index in [1.165, 1.54) is 0 Å². The smallest absolute Gasteiger partial charge is 0.255 e. The van der Waals surface area contributed by atoms with E-state index in [9.17, 15) is 9.90 Å². The summed E-state index contributed by atoms with van der Waals surface area (Å²) in [6, 6.07) is 0. The van der Waals surface area contributed by atoms with E-state index in [2.05, 4.69) is 36.3 Å². The molecule has 1 unspecified atom stereocenters. The Bertz CT molecular complexity index is 399. The van der Waals surface area contributed by atoms with Crippen molar-refractivity contribution in [1.29, 1.82) is 0 Å². The molecule has 3 N–H and O–H groups in total. The minimum absolute atomic E-state index is 0.0472. The predicted octanol–water partition coefficient (Wildman–Crippen LogP) is 1.55. The summed E-state index contributed by atoms with van der Waals surface area (Å²) in [6.45, 7) is 10.0. The topological polar surface area (TPSA) is 78.0 Å². The summed E-state index contributed by atoms with van der Waals surface area (Å²) in [5.74, 6) is -0.188. The third-order valence-electron chi connectivity index (χ3n) is 2.70. The van der Waals surface area contributed by atoms with Gasteiger partial charge in [-0.15, -0.1) is 0 Å². The first-order valence-electron chi connectivity index (χ1n) is 6.18. The van der Waals surface area contributed by atoms with Crippen LogP contribution in [0.4, 0.5) is 0 Å². The van der Waals surface area contributed by atoms with E-state index in [-0.39, 0.29) is 17.9 Å². The Balaban J connectivity index is 2.52. The molecule has 0 aromatic carbocycles. The molecule has 0 radical (unpaired) electrons. The van der Waals surface area contributed by atoms with Gasteiger partial charge in [-0.2, -0.15) is 5.10 Å². The lowest BCUT2D eigenvalue weighted by atomic mass is 9.89. The molecule has 0 bridgehead atoms. The van der Waals surface area contributed by atoms with Crippen LogP contribution in [0.5, 0.6) is 0 Å². The Labute approximate surface area is 108 Å². The van der Waals surface area contributed by atoms with Crippen LogP contribution >= 0.6 is 0 Å². The van der Waals surface area contributed by atoms with Crippen molar-refractivity contribution in [2.45, 2.75) is 47.1 Å². The van der Waals surface area contributed by atoms with Gasteiger partial charge in [-0.25, -0.2) is 0 Å². The monoisotopic (exact) mass is 253 g/mol. The number of hydrogen-bond donors (Lipinski definition) is 3. The first-order valence-corrected chi connectivity index (χ1v) is 6.18. The quantitative estimate of drug-likeness (QED) is 0.762. The minimum atomic E-state index is -0.526. The summed E-state index contributed by atoms with van der Waals surface area (Å²) in [6.07, 6.45) is 0.123. The summed E-state index contributed by atoms with van der Waals surface area (Å²) in [4.78, 5) is 11.9. The van der Waals surface area contributed by atoms with Crippen LogP contribution in [0.3, 0.4) is 0 Å². The van der Waals surface area contributed by atoms with Gasteiger partial charge in [0.15, 0.2) is 0 Å². The number of aliphatic hydroxyl groups is 1. The highest BCUT2D eigenvalue weighted by Gasteiger charge is 2.19. The summed E-state index contributed by atoms with van der Waals surface area (Å²) in [5, 5.41) is 19.3. The Morgan fingerprint density at radius 2 is 2.06 bits per heavy atom. The van der Waals surface area contributed by atoms with Gasteiger partial charge < -0.3 is 10.4 Å². The van der Waals surface area contributed by atoms with E-state index in [1.54, 1.807) is 13.8 Å². The largest absolute Gasteiger partial charge is 0.391 e. The Hall–Kier alpha value is -1.36. The Morgan fingerprint density at radius 3 is 2.50 bits per heavy atom. The molecule has 1 aromatic rings. The Kier molecular flexibility index (Phi) is 4.51. The lowest BCUT2D eigenvalue weighted by Crippen LogP contribution is -2.34. The maximum absolute atomic E-state index is 11.9. The molecule has 1 aromatic heterocycles. The van der Waals surface area contributed by atoms with Gasteiger partial charge in [-0.05, 0) is 25.7 Å². The molecule has 1 rings (SSSR count). The summed E-state index contributed by atoms with van der Waals surface area (Å²) in [7, 11) is 0. The van der Waals surface area contributed by atoms with Crippen LogP contribution in [0.1, 0.15) is 48.9 Å². The molecule has 0 saturated heterocycles. The minimum Gasteiger partial charge on any atom is -0.391 e. The number of aryl methyl sites for hydroxylation is 2. The number of amides is 1. The molecule has 0 spiro atoms. The molecule has 0 saturated carbocycles. The molecular weight excluding hydrogens is 230 g/mol. The van der Waals surface area contributed by atoms with Crippen molar-refractivity contribution >= 4 is 5.91 Å². The standard InChI is InChI=1S/C13H23N3O2/c1-8-11(9(2)16-15-8)12(18)14-7-10(17)6-13(3,4)5/h10,17H,6-7H2,1-5H3,(H,14,18)(H,15,16). The second-order valence-corrected chi connectivity index (χ2v) is 5.94. The first-order chi connectivity index (χ1) is 8.20. The SMILES string of the molecule is Cc1n[nH]c(C)c1C(=O)NCC(O)CC(C)(C)C. The van der Waals surface area contributed by atoms with Crippen molar-refractivity contribution in [1.82, 2.24) is 15.5 Å². The molecule has 0 aliphatic carbocycles. The number of hydrogen-bond acceptors (Lipinski definition) is 3. The van der Waals surface area contributed by atoms with Crippen LogP contribution in [0.25, 0.3) is 0 Å². The molecule has 0 fully saturated rings. The summed E-state index contributed by atoms with van der Waals surface area (Å²) in [5.41, 5.74) is 2.04.